The second kappa shape index (κ2) is 8.49. The molecule has 26 heavy (non-hydrogen) atoms. The molecule has 0 N–H and O–H groups in total. The first-order valence-electron chi connectivity index (χ1n) is 9.19. The van der Waals surface area contributed by atoms with Gasteiger partial charge in [-0.3, -0.25) is 9.48 Å². The molecule has 2 heterocycles. The van der Waals surface area contributed by atoms with E-state index in [0.29, 0.717) is 44.2 Å². The number of hydrogen-bond acceptors (Lipinski definition) is 5. The van der Waals surface area contributed by atoms with Gasteiger partial charge in [-0.1, -0.05) is 20.8 Å². The van der Waals surface area contributed by atoms with Crippen LogP contribution in [0.2, 0.25) is 0 Å². The van der Waals surface area contributed by atoms with E-state index in [2.05, 4.69) is 5.10 Å². The van der Waals surface area contributed by atoms with Gasteiger partial charge in [-0.2, -0.15) is 9.40 Å². The molecule has 1 aliphatic heterocycles. The van der Waals surface area contributed by atoms with E-state index < -0.39 is 10.0 Å². The van der Waals surface area contributed by atoms with Crippen LogP contribution < -0.4 is 0 Å². The SMILES string of the molecule is CCC1CN(C(=O)Cn2nc(C)c(S(=O)(=O)N(CC)CC)c2C)CCO1. The van der Waals surface area contributed by atoms with Crippen molar-refractivity contribution in [2.45, 2.75) is 58.6 Å². The summed E-state index contributed by atoms with van der Waals surface area (Å²) in [6, 6.07) is 0. The summed E-state index contributed by atoms with van der Waals surface area (Å²) in [5.74, 6) is -0.0656. The molecule has 1 aliphatic rings. The highest BCUT2D eigenvalue weighted by Gasteiger charge is 2.30. The van der Waals surface area contributed by atoms with Crippen LogP contribution in [0, 0.1) is 13.8 Å². The number of aromatic nitrogens is 2. The minimum absolute atomic E-state index is 0.0386. The van der Waals surface area contributed by atoms with Gasteiger partial charge < -0.3 is 9.64 Å². The Labute approximate surface area is 156 Å². The van der Waals surface area contributed by atoms with E-state index in [1.54, 1.807) is 18.7 Å². The fraction of sp³-hybridized carbons (Fsp3) is 0.765. The van der Waals surface area contributed by atoms with Crippen molar-refractivity contribution in [1.82, 2.24) is 19.0 Å². The maximum Gasteiger partial charge on any atom is 0.246 e. The third kappa shape index (κ3) is 4.10. The number of aryl methyl sites for hydroxylation is 1. The lowest BCUT2D eigenvalue weighted by Crippen LogP contribution is -2.46. The summed E-state index contributed by atoms with van der Waals surface area (Å²) in [6.45, 7) is 11.5. The number of amides is 1. The Hall–Kier alpha value is -1.45. The largest absolute Gasteiger partial charge is 0.375 e. The Kier molecular flexibility index (Phi) is 6.81. The van der Waals surface area contributed by atoms with Gasteiger partial charge in [-0.05, 0) is 20.3 Å². The number of rotatable bonds is 7. The van der Waals surface area contributed by atoms with Crippen molar-refractivity contribution in [3.8, 4) is 0 Å². The molecule has 9 heteroatoms. The van der Waals surface area contributed by atoms with Crippen LogP contribution >= 0.6 is 0 Å². The number of morpholine rings is 1. The average molecular weight is 387 g/mol. The first-order chi connectivity index (χ1) is 12.3. The predicted molar refractivity (Wildman–Crippen MR) is 98.4 cm³/mol. The summed E-state index contributed by atoms with van der Waals surface area (Å²) >= 11 is 0. The highest BCUT2D eigenvalue weighted by molar-refractivity contribution is 7.89. The lowest BCUT2D eigenvalue weighted by Gasteiger charge is -2.32. The molecule has 1 fully saturated rings. The monoisotopic (exact) mass is 386 g/mol. The van der Waals surface area contributed by atoms with Crippen LogP contribution in [0.5, 0.6) is 0 Å². The van der Waals surface area contributed by atoms with Crippen LogP contribution in [-0.2, 0) is 26.1 Å². The number of ether oxygens (including phenoxy) is 1. The van der Waals surface area contributed by atoms with Crippen molar-refractivity contribution < 1.29 is 17.9 Å². The maximum atomic E-state index is 12.9. The molecule has 0 aliphatic carbocycles. The zero-order valence-electron chi connectivity index (χ0n) is 16.4. The lowest BCUT2D eigenvalue weighted by atomic mass is 10.2. The topological polar surface area (TPSA) is 84.7 Å². The molecule has 1 aromatic heterocycles. The molecule has 2 rings (SSSR count). The zero-order valence-corrected chi connectivity index (χ0v) is 17.2. The van der Waals surface area contributed by atoms with Crippen molar-refractivity contribution in [1.29, 1.82) is 0 Å². The standard InChI is InChI=1S/C17H30N4O4S/c1-6-15-11-19(9-10-25-15)16(22)12-21-14(5)17(13(4)18-21)26(23,24)20(7-2)8-3/h15H,6-12H2,1-5H3. The number of nitrogens with zero attached hydrogens (tertiary/aromatic N) is 4. The van der Waals surface area contributed by atoms with Gasteiger partial charge in [-0.25, -0.2) is 8.42 Å². The van der Waals surface area contributed by atoms with Crippen LogP contribution in [0.25, 0.3) is 0 Å². The molecule has 1 atom stereocenters. The van der Waals surface area contributed by atoms with E-state index in [1.807, 2.05) is 20.8 Å². The van der Waals surface area contributed by atoms with Gasteiger partial charge in [0.25, 0.3) is 0 Å². The van der Waals surface area contributed by atoms with E-state index in [9.17, 15) is 13.2 Å². The highest BCUT2D eigenvalue weighted by Crippen LogP contribution is 2.23. The first-order valence-corrected chi connectivity index (χ1v) is 10.6. The minimum atomic E-state index is -3.61. The molecular weight excluding hydrogens is 356 g/mol. The second-order valence-corrected chi connectivity index (χ2v) is 8.36. The predicted octanol–water partition coefficient (Wildman–Crippen LogP) is 1.17. The summed E-state index contributed by atoms with van der Waals surface area (Å²) < 4.78 is 34.3. The van der Waals surface area contributed by atoms with Crippen molar-refractivity contribution in [2.75, 3.05) is 32.8 Å². The van der Waals surface area contributed by atoms with Crippen molar-refractivity contribution in [3.05, 3.63) is 11.4 Å². The quantitative estimate of drug-likeness (QED) is 0.702. The van der Waals surface area contributed by atoms with E-state index in [-0.39, 0.29) is 23.5 Å². The van der Waals surface area contributed by atoms with Gasteiger partial charge in [0.2, 0.25) is 15.9 Å². The number of hydrogen-bond donors (Lipinski definition) is 0. The van der Waals surface area contributed by atoms with E-state index >= 15 is 0 Å². The summed E-state index contributed by atoms with van der Waals surface area (Å²) in [5, 5.41) is 4.33. The highest BCUT2D eigenvalue weighted by atomic mass is 32.2. The summed E-state index contributed by atoms with van der Waals surface area (Å²) in [7, 11) is -3.61. The molecule has 1 aromatic rings. The molecule has 1 amide bonds. The molecule has 0 bridgehead atoms. The second-order valence-electron chi connectivity index (χ2n) is 6.49. The molecule has 1 saturated heterocycles. The zero-order chi connectivity index (χ0) is 19.5. The van der Waals surface area contributed by atoms with Crippen LogP contribution in [-0.4, -0.2) is 72.2 Å². The first kappa shape index (κ1) is 20.9. The van der Waals surface area contributed by atoms with E-state index in [1.165, 1.54) is 8.99 Å². The van der Waals surface area contributed by atoms with Crippen molar-refractivity contribution >= 4 is 15.9 Å². The molecule has 8 nitrogen and oxygen atoms in total. The normalized spacial score (nSPS) is 18.5. The van der Waals surface area contributed by atoms with Gasteiger partial charge in [-0.15, -0.1) is 0 Å². The Morgan fingerprint density at radius 1 is 1.27 bits per heavy atom. The van der Waals surface area contributed by atoms with Crippen molar-refractivity contribution in [2.24, 2.45) is 0 Å². The molecule has 148 valence electrons. The average Bonchev–Trinajstić information content (AvgIpc) is 2.89. The summed E-state index contributed by atoms with van der Waals surface area (Å²) in [6.07, 6.45) is 0.919. The van der Waals surface area contributed by atoms with Crippen LogP contribution in [0.3, 0.4) is 0 Å². The van der Waals surface area contributed by atoms with Gasteiger partial charge in [0.05, 0.1) is 24.1 Å². The number of carbonyl (C=O) groups excluding carboxylic acids is 1. The van der Waals surface area contributed by atoms with E-state index in [0.717, 1.165) is 6.42 Å². The van der Waals surface area contributed by atoms with Gasteiger partial charge >= 0.3 is 0 Å². The Balaban J connectivity index is 2.23. The van der Waals surface area contributed by atoms with Gasteiger partial charge in [0, 0.05) is 26.2 Å². The fourth-order valence-corrected chi connectivity index (χ4v) is 5.15. The van der Waals surface area contributed by atoms with E-state index in [4.69, 9.17) is 4.74 Å². The van der Waals surface area contributed by atoms with Gasteiger partial charge in [0.1, 0.15) is 11.4 Å². The van der Waals surface area contributed by atoms with Crippen LogP contribution in [0.15, 0.2) is 4.90 Å². The molecule has 0 spiro atoms. The maximum absolute atomic E-state index is 12.9. The molecule has 0 aromatic carbocycles. The third-order valence-corrected chi connectivity index (χ3v) is 7.15. The summed E-state index contributed by atoms with van der Waals surface area (Å²) in [5.41, 5.74) is 0.929. The smallest absolute Gasteiger partial charge is 0.246 e. The number of sulfonamides is 1. The minimum Gasteiger partial charge on any atom is -0.375 e. The van der Waals surface area contributed by atoms with Gasteiger partial charge in [0.15, 0.2) is 0 Å². The van der Waals surface area contributed by atoms with Crippen molar-refractivity contribution in [3.63, 3.8) is 0 Å². The Morgan fingerprint density at radius 3 is 2.50 bits per heavy atom. The molecular formula is C17H30N4O4S. The Bertz CT molecular complexity index is 740. The molecule has 0 saturated carbocycles. The third-order valence-electron chi connectivity index (χ3n) is 4.85. The number of carbonyl (C=O) groups is 1. The lowest BCUT2D eigenvalue weighted by molar-refractivity contribution is -0.139. The Morgan fingerprint density at radius 2 is 1.92 bits per heavy atom. The fourth-order valence-electron chi connectivity index (χ4n) is 3.32. The van der Waals surface area contributed by atoms with Crippen LogP contribution in [0.1, 0.15) is 38.6 Å². The molecule has 0 radical (unpaired) electrons. The summed E-state index contributed by atoms with van der Waals surface area (Å²) in [4.78, 5) is 14.6. The molecule has 1 unspecified atom stereocenters. The van der Waals surface area contributed by atoms with Crippen LogP contribution in [0.4, 0.5) is 0 Å².